The van der Waals surface area contributed by atoms with Crippen LogP contribution in [-0.4, -0.2) is 61.5 Å². The molecule has 0 radical (unpaired) electrons. The van der Waals surface area contributed by atoms with Crippen LogP contribution in [0.25, 0.3) is 0 Å². The monoisotopic (exact) mass is 497 g/mol. The predicted octanol–water partition coefficient (Wildman–Crippen LogP) is 4.23. The van der Waals surface area contributed by atoms with E-state index in [2.05, 4.69) is 20.8 Å². The molecular formula is C24H27N5O5S. The Morgan fingerprint density at radius 1 is 0.971 bits per heavy atom. The van der Waals surface area contributed by atoms with Crippen molar-refractivity contribution in [1.82, 2.24) is 15.1 Å². The van der Waals surface area contributed by atoms with Gasteiger partial charge in [0.2, 0.25) is 5.01 Å². The molecule has 0 bridgehead atoms. The van der Waals surface area contributed by atoms with Gasteiger partial charge in [0, 0.05) is 30.8 Å². The number of carbonyl (C=O) groups is 2. The molecule has 35 heavy (non-hydrogen) atoms. The lowest BCUT2D eigenvalue weighted by Crippen LogP contribution is -2.41. The number of aromatic nitrogens is 2. The number of anilines is 2. The van der Waals surface area contributed by atoms with Crippen LogP contribution < -0.4 is 24.8 Å². The molecule has 10 nitrogen and oxygen atoms in total. The van der Waals surface area contributed by atoms with E-state index in [0.717, 1.165) is 17.8 Å². The molecule has 0 saturated carbocycles. The third-order valence-electron chi connectivity index (χ3n) is 5.69. The maximum atomic E-state index is 13.0. The summed E-state index contributed by atoms with van der Waals surface area (Å²) in [5.74, 6) is 1.55. The molecule has 3 aromatic rings. The second-order valence-electron chi connectivity index (χ2n) is 7.91. The highest BCUT2D eigenvalue weighted by molar-refractivity contribution is 7.13. The van der Waals surface area contributed by atoms with Crippen molar-refractivity contribution in [2.75, 3.05) is 45.1 Å². The van der Waals surface area contributed by atoms with Crippen molar-refractivity contribution in [2.45, 2.75) is 18.8 Å². The number of hydrogen-bond donors (Lipinski definition) is 2. The Kier molecular flexibility index (Phi) is 7.66. The Hall–Kier alpha value is -3.86. The molecule has 1 aliphatic rings. The van der Waals surface area contributed by atoms with Gasteiger partial charge < -0.3 is 29.7 Å². The highest BCUT2D eigenvalue weighted by atomic mass is 32.1. The first-order valence-corrected chi connectivity index (χ1v) is 11.9. The van der Waals surface area contributed by atoms with Crippen LogP contribution in [0.1, 0.15) is 33.6 Å². The Balaban J connectivity index is 1.39. The Bertz CT molecular complexity index is 1180. The van der Waals surface area contributed by atoms with Crippen LogP contribution >= 0.6 is 11.3 Å². The number of piperidine rings is 1. The minimum Gasteiger partial charge on any atom is -0.497 e. The normalized spacial score (nSPS) is 15.3. The van der Waals surface area contributed by atoms with Crippen molar-refractivity contribution >= 4 is 34.6 Å². The largest absolute Gasteiger partial charge is 0.497 e. The van der Waals surface area contributed by atoms with Gasteiger partial charge in [-0.1, -0.05) is 11.3 Å². The van der Waals surface area contributed by atoms with Crippen LogP contribution in [0.5, 0.6) is 17.2 Å². The van der Waals surface area contributed by atoms with Crippen molar-refractivity contribution in [1.29, 1.82) is 0 Å². The molecule has 0 spiro atoms. The Morgan fingerprint density at radius 3 is 2.43 bits per heavy atom. The zero-order chi connectivity index (χ0) is 24.8. The number of benzene rings is 2. The van der Waals surface area contributed by atoms with Crippen LogP contribution in [0, 0.1) is 0 Å². The second kappa shape index (κ2) is 11.0. The number of urea groups is 1. The van der Waals surface area contributed by atoms with Gasteiger partial charge in [-0.2, -0.15) is 0 Å². The first kappa shape index (κ1) is 24.3. The van der Waals surface area contributed by atoms with E-state index in [1.807, 2.05) is 0 Å². The van der Waals surface area contributed by atoms with Gasteiger partial charge in [-0.05, 0) is 49.2 Å². The predicted molar refractivity (Wildman–Crippen MR) is 133 cm³/mol. The average molecular weight is 498 g/mol. The van der Waals surface area contributed by atoms with E-state index in [1.54, 1.807) is 68.7 Å². The lowest BCUT2D eigenvalue weighted by molar-refractivity contribution is 0.102. The molecular weight excluding hydrogens is 470 g/mol. The summed E-state index contributed by atoms with van der Waals surface area (Å²) in [6.45, 7) is 1.10. The molecule has 184 valence electrons. The number of carbonyl (C=O) groups excluding carboxylic acids is 2. The molecule has 2 heterocycles. The molecule has 1 atom stereocenters. The van der Waals surface area contributed by atoms with E-state index in [1.165, 1.54) is 11.3 Å². The number of rotatable bonds is 7. The molecule has 2 N–H and O–H groups in total. The SMILES string of the molecule is COc1ccc(NC(=O)c2nnc([C@H]3CCCN(C(=O)Nc4cc(OC)ccc4OC)C3)s2)cc1. The standard InChI is InChI=1S/C24H27N5O5S/c1-32-17-8-6-16(7-9-17)25-21(30)23-28-27-22(35-23)15-5-4-12-29(14-15)24(31)26-19-13-18(33-2)10-11-20(19)34-3/h6-11,13,15H,4-5,12,14H2,1-3H3,(H,25,30)(H,26,31)/t15-/m0/s1. The number of ether oxygens (including phenoxy) is 3. The van der Waals surface area contributed by atoms with Crippen LogP contribution in [0.4, 0.5) is 16.2 Å². The maximum Gasteiger partial charge on any atom is 0.321 e. The molecule has 2 aromatic carbocycles. The molecule has 1 aliphatic heterocycles. The molecule has 11 heteroatoms. The van der Waals surface area contributed by atoms with Gasteiger partial charge in [0.05, 0.1) is 27.0 Å². The van der Waals surface area contributed by atoms with E-state index < -0.39 is 0 Å². The molecule has 1 saturated heterocycles. The zero-order valence-electron chi connectivity index (χ0n) is 19.7. The lowest BCUT2D eigenvalue weighted by atomic mass is 9.99. The second-order valence-corrected chi connectivity index (χ2v) is 8.92. The fourth-order valence-electron chi connectivity index (χ4n) is 3.82. The van der Waals surface area contributed by atoms with Gasteiger partial charge in [0.15, 0.2) is 0 Å². The fraction of sp³-hybridized carbons (Fsp3) is 0.333. The van der Waals surface area contributed by atoms with Gasteiger partial charge in [-0.3, -0.25) is 4.79 Å². The summed E-state index contributed by atoms with van der Waals surface area (Å²) in [6.07, 6.45) is 1.68. The number of likely N-dealkylation sites (tertiary alicyclic amines) is 1. The first-order valence-electron chi connectivity index (χ1n) is 11.1. The summed E-state index contributed by atoms with van der Waals surface area (Å²) >= 11 is 1.25. The van der Waals surface area contributed by atoms with Crippen molar-refractivity contribution in [2.24, 2.45) is 0 Å². The zero-order valence-corrected chi connectivity index (χ0v) is 20.6. The summed E-state index contributed by atoms with van der Waals surface area (Å²) < 4.78 is 15.7. The van der Waals surface area contributed by atoms with Gasteiger partial charge in [0.25, 0.3) is 5.91 Å². The maximum absolute atomic E-state index is 13.0. The summed E-state index contributed by atoms with van der Waals surface area (Å²) in [4.78, 5) is 27.4. The van der Waals surface area contributed by atoms with Gasteiger partial charge in [-0.15, -0.1) is 10.2 Å². The third-order valence-corrected chi connectivity index (χ3v) is 6.77. The van der Waals surface area contributed by atoms with E-state index in [4.69, 9.17) is 14.2 Å². The third kappa shape index (κ3) is 5.80. The number of hydrogen-bond acceptors (Lipinski definition) is 8. The molecule has 1 aromatic heterocycles. The minimum absolute atomic E-state index is 0.00161. The number of methoxy groups -OCH3 is 3. The van der Waals surface area contributed by atoms with Crippen LogP contribution in [0.3, 0.4) is 0 Å². The van der Waals surface area contributed by atoms with Crippen molar-refractivity contribution in [3.8, 4) is 17.2 Å². The molecule has 1 fully saturated rings. The van der Waals surface area contributed by atoms with Gasteiger partial charge in [-0.25, -0.2) is 4.79 Å². The van der Waals surface area contributed by atoms with Gasteiger partial charge >= 0.3 is 6.03 Å². The van der Waals surface area contributed by atoms with Crippen molar-refractivity contribution in [3.05, 3.63) is 52.5 Å². The quantitative estimate of drug-likeness (QED) is 0.502. The van der Waals surface area contributed by atoms with E-state index >= 15 is 0 Å². The highest BCUT2D eigenvalue weighted by Gasteiger charge is 2.28. The van der Waals surface area contributed by atoms with Crippen LogP contribution in [-0.2, 0) is 0 Å². The molecule has 4 rings (SSSR count). The molecule has 0 aliphatic carbocycles. The van der Waals surface area contributed by atoms with Crippen molar-refractivity contribution < 1.29 is 23.8 Å². The van der Waals surface area contributed by atoms with Crippen LogP contribution in [0.2, 0.25) is 0 Å². The van der Waals surface area contributed by atoms with E-state index in [-0.39, 0.29) is 22.9 Å². The topological polar surface area (TPSA) is 115 Å². The minimum atomic E-state index is -0.325. The van der Waals surface area contributed by atoms with Crippen molar-refractivity contribution in [3.63, 3.8) is 0 Å². The molecule has 0 unspecified atom stereocenters. The summed E-state index contributed by atoms with van der Waals surface area (Å²) in [6, 6.07) is 12.0. The Morgan fingerprint density at radius 2 is 1.71 bits per heavy atom. The average Bonchev–Trinajstić information content (AvgIpc) is 3.40. The first-order chi connectivity index (χ1) is 17.0. The summed E-state index contributed by atoms with van der Waals surface area (Å²) in [5, 5.41) is 15.1. The number of nitrogens with one attached hydrogen (secondary N) is 2. The summed E-state index contributed by atoms with van der Waals surface area (Å²) in [7, 11) is 4.70. The lowest BCUT2D eigenvalue weighted by Gasteiger charge is -2.31. The van der Waals surface area contributed by atoms with Gasteiger partial charge in [0.1, 0.15) is 22.3 Å². The van der Waals surface area contributed by atoms with Crippen LogP contribution in [0.15, 0.2) is 42.5 Å². The fourth-order valence-corrected chi connectivity index (χ4v) is 4.68. The number of amides is 3. The highest BCUT2D eigenvalue weighted by Crippen LogP contribution is 2.32. The smallest absolute Gasteiger partial charge is 0.321 e. The summed E-state index contributed by atoms with van der Waals surface area (Å²) in [5.41, 5.74) is 1.17. The number of nitrogens with zero attached hydrogens (tertiary/aromatic N) is 3. The molecule has 3 amide bonds. The van der Waals surface area contributed by atoms with E-state index in [9.17, 15) is 9.59 Å². The Labute approximate surface area is 207 Å². The van der Waals surface area contributed by atoms with E-state index in [0.29, 0.717) is 41.7 Å².